The van der Waals surface area contributed by atoms with E-state index in [1.165, 1.54) is 16.6 Å². The molecule has 288 valence electrons. The van der Waals surface area contributed by atoms with Crippen LogP contribution < -0.4 is 4.90 Å². The second kappa shape index (κ2) is 14.8. The number of ether oxygens (including phenoxy) is 2. The lowest BCUT2D eigenvalue weighted by Gasteiger charge is -2.45. The summed E-state index contributed by atoms with van der Waals surface area (Å²) < 4.78 is 82.9. The number of halogens is 2. The summed E-state index contributed by atoms with van der Waals surface area (Å²) in [5, 5.41) is 7.23. The normalized spacial score (nSPS) is 20.2. The van der Waals surface area contributed by atoms with Gasteiger partial charge in [0.1, 0.15) is 18.0 Å². The molecule has 1 aromatic carbocycles. The first kappa shape index (κ1) is 40.5. The molecule has 1 aliphatic heterocycles. The number of amides is 1. The van der Waals surface area contributed by atoms with Crippen molar-refractivity contribution in [2.45, 2.75) is 120 Å². The van der Waals surface area contributed by atoms with Gasteiger partial charge in [-0.15, -0.1) is 10.2 Å². The van der Waals surface area contributed by atoms with Crippen molar-refractivity contribution in [1.29, 1.82) is 0 Å². The van der Waals surface area contributed by atoms with Gasteiger partial charge in [0, 0.05) is 45.0 Å². The molecule has 5 rings (SSSR count). The van der Waals surface area contributed by atoms with Gasteiger partial charge in [-0.1, -0.05) is 31.0 Å². The lowest BCUT2D eigenvalue weighted by atomic mass is 10.1. The summed E-state index contributed by atoms with van der Waals surface area (Å²) in [7, 11) is -7.38. The Hall–Kier alpha value is -2.71. The number of rotatable bonds is 12. The van der Waals surface area contributed by atoms with E-state index < -0.39 is 57.6 Å². The molecule has 3 atom stereocenters. The molecule has 2 fully saturated rings. The van der Waals surface area contributed by atoms with Crippen LogP contribution >= 0.6 is 11.3 Å². The maximum absolute atomic E-state index is 14.8. The Morgan fingerprint density at radius 1 is 1.13 bits per heavy atom. The van der Waals surface area contributed by atoms with Crippen LogP contribution in [0.3, 0.4) is 0 Å². The molecule has 2 aliphatic rings. The minimum Gasteiger partial charge on any atom is -0.444 e. The highest BCUT2D eigenvalue weighted by Crippen LogP contribution is 2.46. The first-order valence-electron chi connectivity index (χ1n) is 17.2. The molecule has 1 saturated heterocycles. The van der Waals surface area contributed by atoms with Crippen molar-refractivity contribution in [3.8, 4) is 10.7 Å². The number of piperazine rings is 1. The molecule has 19 heteroatoms. The van der Waals surface area contributed by atoms with Crippen LogP contribution in [0.25, 0.3) is 21.6 Å². The van der Waals surface area contributed by atoms with E-state index in [9.17, 15) is 26.2 Å². The van der Waals surface area contributed by atoms with E-state index in [4.69, 9.17) is 9.47 Å². The number of nitrogens with zero attached hydrogens (tertiary/aromatic N) is 7. The van der Waals surface area contributed by atoms with Crippen molar-refractivity contribution >= 4 is 62.9 Å². The number of anilines is 1. The van der Waals surface area contributed by atoms with Crippen LogP contribution in [0.1, 0.15) is 65.8 Å². The van der Waals surface area contributed by atoms with Crippen LogP contribution in [0.15, 0.2) is 22.2 Å². The van der Waals surface area contributed by atoms with Gasteiger partial charge in [-0.05, 0) is 72.6 Å². The van der Waals surface area contributed by atoms with Crippen LogP contribution in [0.2, 0.25) is 25.7 Å². The Balaban J connectivity index is 1.68. The van der Waals surface area contributed by atoms with Gasteiger partial charge in [0.25, 0.3) is 6.43 Å². The zero-order valence-electron chi connectivity index (χ0n) is 31.4. The molecular formula is C33H49F2N7O6S3Si. The monoisotopic (exact) mass is 801 g/mol. The van der Waals surface area contributed by atoms with Crippen molar-refractivity contribution < 1.29 is 35.7 Å². The second-order valence-corrected chi connectivity index (χ2v) is 25.8. The number of sulfonamides is 1. The molecule has 0 radical (unpaired) electrons. The summed E-state index contributed by atoms with van der Waals surface area (Å²) in [4.78, 5) is 25.9. The lowest BCUT2D eigenvalue weighted by Crippen LogP contribution is -2.59. The van der Waals surface area contributed by atoms with Gasteiger partial charge < -0.3 is 14.4 Å². The Labute approximate surface area is 312 Å². The lowest BCUT2D eigenvalue weighted by molar-refractivity contribution is 0.00566. The molecule has 52 heavy (non-hydrogen) atoms. The molecule has 1 unspecified atom stereocenters. The highest BCUT2D eigenvalue weighted by Gasteiger charge is 2.50. The molecule has 2 aromatic heterocycles. The smallest absolute Gasteiger partial charge is 0.410 e. The molecule has 1 aliphatic carbocycles. The summed E-state index contributed by atoms with van der Waals surface area (Å²) >= 11 is 0.619. The summed E-state index contributed by atoms with van der Waals surface area (Å²) in [6, 6.07) is 3.11. The van der Waals surface area contributed by atoms with E-state index in [1.54, 1.807) is 31.7 Å². The third-order valence-electron chi connectivity index (χ3n) is 9.05. The van der Waals surface area contributed by atoms with Crippen molar-refractivity contribution in [2.24, 2.45) is 0 Å². The minimum atomic E-state index is -4.23. The van der Waals surface area contributed by atoms with Gasteiger partial charge in [0.2, 0.25) is 15.2 Å². The Morgan fingerprint density at radius 3 is 2.29 bits per heavy atom. The Kier molecular flexibility index (Phi) is 11.6. The van der Waals surface area contributed by atoms with Crippen LogP contribution in [-0.4, -0.2) is 112 Å². The zero-order valence-corrected chi connectivity index (χ0v) is 34.8. The predicted molar refractivity (Wildman–Crippen MR) is 201 cm³/mol. The van der Waals surface area contributed by atoms with Crippen LogP contribution in [0, 0.1) is 0 Å². The highest BCUT2D eigenvalue weighted by atomic mass is 32.2. The number of benzene rings is 1. The third-order valence-corrected chi connectivity index (χ3v) is 14.3. The molecule has 13 nitrogen and oxygen atoms in total. The molecule has 1 saturated carbocycles. The van der Waals surface area contributed by atoms with Gasteiger partial charge in [0.05, 0.1) is 39.0 Å². The van der Waals surface area contributed by atoms with Crippen molar-refractivity contribution in [3.05, 3.63) is 17.1 Å². The van der Waals surface area contributed by atoms with E-state index in [1.807, 2.05) is 25.7 Å². The highest BCUT2D eigenvalue weighted by molar-refractivity contribution is 7.89. The largest absolute Gasteiger partial charge is 0.444 e. The van der Waals surface area contributed by atoms with Crippen LogP contribution in [0.4, 0.5) is 19.3 Å². The van der Waals surface area contributed by atoms with Gasteiger partial charge in [-0.25, -0.2) is 32.0 Å². The maximum Gasteiger partial charge on any atom is 0.410 e. The van der Waals surface area contributed by atoms with Gasteiger partial charge in [-0.3, -0.25) is 9.11 Å². The molecule has 1 amide bonds. The topological polar surface area (TPSA) is 148 Å². The van der Waals surface area contributed by atoms with Crippen LogP contribution in [-0.2, 0) is 30.3 Å². The summed E-state index contributed by atoms with van der Waals surface area (Å²) in [5.41, 5.74) is -0.648. The fourth-order valence-corrected chi connectivity index (χ4v) is 9.72. The van der Waals surface area contributed by atoms with Gasteiger partial charge in [-0.2, -0.15) is 4.31 Å². The fraction of sp³-hybridized carbons (Fsp3) is 0.667. The van der Waals surface area contributed by atoms with E-state index in [2.05, 4.69) is 39.8 Å². The Bertz CT molecular complexity index is 1940. The number of carbonyl (C=O) groups excluding carboxylic acids is 1. The van der Waals surface area contributed by atoms with Crippen molar-refractivity contribution in [1.82, 2.24) is 29.4 Å². The number of aromatic nitrogens is 4. The first-order valence-corrected chi connectivity index (χ1v) is 24.7. The number of fused-ring (bicyclic) bond motifs is 1. The predicted octanol–water partition coefficient (Wildman–Crippen LogP) is 6.51. The fourth-order valence-electron chi connectivity index (χ4n) is 6.06. The number of alkyl halides is 2. The number of carbonyl (C=O) groups is 1. The molecule has 0 bridgehead atoms. The summed E-state index contributed by atoms with van der Waals surface area (Å²) in [6.07, 6.45) is -0.632. The van der Waals surface area contributed by atoms with Gasteiger partial charge in [0.15, 0.2) is 10.0 Å². The molecule has 0 spiro atoms. The maximum atomic E-state index is 14.8. The van der Waals surface area contributed by atoms with E-state index in [0.717, 1.165) is 6.04 Å². The number of hydrogen-bond acceptors (Lipinski definition) is 12. The van der Waals surface area contributed by atoms with E-state index in [-0.39, 0.29) is 63.6 Å². The quantitative estimate of drug-likeness (QED) is 0.0854. The summed E-state index contributed by atoms with van der Waals surface area (Å²) in [5.74, 6) is 0. The van der Waals surface area contributed by atoms with E-state index in [0.29, 0.717) is 36.5 Å². The average molecular weight is 802 g/mol. The molecule has 3 heterocycles. The minimum absolute atomic E-state index is 0.00655. The third kappa shape index (κ3) is 8.97. The average Bonchev–Trinajstić information content (AvgIpc) is 3.54. The molecule has 3 aromatic rings. The Morgan fingerprint density at radius 2 is 1.77 bits per heavy atom. The number of hydrogen-bond donors (Lipinski definition) is 0. The summed E-state index contributed by atoms with van der Waals surface area (Å²) in [6.45, 7) is 18.6. The van der Waals surface area contributed by atoms with Crippen molar-refractivity contribution in [2.75, 3.05) is 37.6 Å². The zero-order chi connectivity index (χ0) is 38.6. The molecule has 0 N–H and O–H groups in total. The SMILES string of the molecule is C[C@H]1CN(c2cc(S(=O)(=O)N(COCC[Si](C)(C)C)C3(C)CC3)cc3c(-c4nnc(C(F)F)s4)nc(S(C)=O)nc23)C[C@H](C)N1C(=O)OC(C)(C)C. The molecular weight excluding hydrogens is 753 g/mol. The van der Waals surface area contributed by atoms with Crippen molar-refractivity contribution in [3.63, 3.8) is 0 Å². The van der Waals surface area contributed by atoms with Gasteiger partial charge >= 0.3 is 6.09 Å². The first-order chi connectivity index (χ1) is 24.0. The van der Waals surface area contributed by atoms with E-state index >= 15 is 0 Å². The van der Waals surface area contributed by atoms with Crippen LogP contribution in [0.5, 0.6) is 0 Å². The second-order valence-electron chi connectivity index (χ2n) is 16.1. The standard InChI is InChI=1S/C33H49F2N7O6S3Si/c1-20-17-40(18-21(2)42(20)31(43)48-32(3,4)5)24-16-22(51(45,46)41(33(6)11-12-33)19-47-13-14-52(8,9)10)15-23-25(24)36-30(50(7)44)37-26(23)28-38-39-29(49-28)27(34)35/h15-16,20-21,27H,11-14,17-19H2,1-10H3/t20-,21-,50?/m0/s1.